The maximum Gasteiger partial charge on any atom is 0.359 e. The maximum absolute atomic E-state index is 12.3. The molecule has 136 valence electrons. The van der Waals surface area contributed by atoms with Gasteiger partial charge in [-0.2, -0.15) is 5.10 Å². The van der Waals surface area contributed by atoms with Crippen LogP contribution in [0.15, 0.2) is 36.5 Å². The summed E-state index contributed by atoms with van der Waals surface area (Å²) in [4.78, 5) is 14.6. The third-order valence-electron chi connectivity index (χ3n) is 4.13. The van der Waals surface area contributed by atoms with E-state index in [1.807, 2.05) is 43.5 Å². The molecule has 7 heteroatoms. The zero-order valence-corrected chi connectivity index (χ0v) is 15.5. The van der Waals surface area contributed by atoms with E-state index in [0.717, 1.165) is 30.9 Å². The van der Waals surface area contributed by atoms with Crippen LogP contribution >= 0.6 is 12.4 Å². The van der Waals surface area contributed by atoms with Gasteiger partial charge in [0.05, 0.1) is 12.3 Å². The molecule has 1 aromatic carbocycles. The van der Waals surface area contributed by atoms with Gasteiger partial charge in [-0.25, -0.2) is 9.48 Å². The highest BCUT2D eigenvalue weighted by atomic mass is 35.5. The van der Waals surface area contributed by atoms with Gasteiger partial charge in [0.25, 0.3) is 0 Å². The van der Waals surface area contributed by atoms with Gasteiger partial charge >= 0.3 is 5.97 Å². The van der Waals surface area contributed by atoms with Gasteiger partial charge in [-0.05, 0) is 26.0 Å². The van der Waals surface area contributed by atoms with Crippen LogP contribution < -0.4 is 5.32 Å². The van der Waals surface area contributed by atoms with E-state index in [1.165, 1.54) is 0 Å². The first-order valence-corrected chi connectivity index (χ1v) is 8.44. The minimum Gasteiger partial charge on any atom is -0.461 e. The van der Waals surface area contributed by atoms with Gasteiger partial charge in [0, 0.05) is 44.0 Å². The molecular weight excluding hydrogens is 340 g/mol. The molecular formula is C18H25ClN4O2. The Bertz CT molecular complexity index is 690. The normalized spacial score (nSPS) is 17.8. The summed E-state index contributed by atoms with van der Waals surface area (Å²) in [6.07, 6.45) is 1.94. The lowest BCUT2D eigenvalue weighted by Crippen LogP contribution is -2.48. The largest absolute Gasteiger partial charge is 0.461 e. The molecule has 1 N–H and O–H groups in total. The molecule has 1 aromatic heterocycles. The highest BCUT2D eigenvalue weighted by Crippen LogP contribution is 2.16. The van der Waals surface area contributed by atoms with Gasteiger partial charge in [-0.15, -0.1) is 12.4 Å². The van der Waals surface area contributed by atoms with Crippen LogP contribution in [-0.2, 0) is 11.3 Å². The van der Waals surface area contributed by atoms with Crippen molar-refractivity contribution in [3.63, 3.8) is 0 Å². The number of nitrogens with one attached hydrogen (secondary N) is 1. The molecule has 25 heavy (non-hydrogen) atoms. The first kappa shape index (κ1) is 19.4. The molecule has 0 unspecified atom stereocenters. The van der Waals surface area contributed by atoms with Crippen molar-refractivity contribution in [2.75, 3.05) is 26.2 Å². The second kappa shape index (κ2) is 8.99. The van der Waals surface area contributed by atoms with Crippen molar-refractivity contribution < 1.29 is 9.53 Å². The van der Waals surface area contributed by atoms with Crippen molar-refractivity contribution in [2.24, 2.45) is 0 Å². The molecule has 0 saturated carbocycles. The number of nitrogens with zero attached hydrogens (tertiary/aromatic N) is 3. The molecule has 3 rings (SSSR count). The lowest BCUT2D eigenvalue weighted by molar-refractivity contribution is 0.0516. The Hall–Kier alpha value is -1.89. The van der Waals surface area contributed by atoms with Crippen LogP contribution in [-0.4, -0.2) is 52.9 Å². The second-order valence-electron chi connectivity index (χ2n) is 6.09. The van der Waals surface area contributed by atoms with Gasteiger partial charge in [0.15, 0.2) is 5.69 Å². The predicted molar refractivity (Wildman–Crippen MR) is 99.5 cm³/mol. The standard InChI is InChI=1S/C18H24N4O2.ClH/c1-3-24-18(23)17-15(12-21-10-9-19-14(2)11-21)13-22(20-17)16-7-5-4-6-8-16;/h4-8,13-14,19H,3,9-12H2,1-2H3;1H/t14-;/m0./s1. The molecule has 1 atom stereocenters. The molecule has 0 spiro atoms. The van der Waals surface area contributed by atoms with E-state index in [-0.39, 0.29) is 18.4 Å². The monoisotopic (exact) mass is 364 g/mol. The maximum atomic E-state index is 12.3. The van der Waals surface area contributed by atoms with Crippen molar-refractivity contribution in [3.05, 3.63) is 47.8 Å². The minimum atomic E-state index is -0.356. The quantitative estimate of drug-likeness (QED) is 0.825. The lowest BCUT2D eigenvalue weighted by Gasteiger charge is -2.31. The highest BCUT2D eigenvalue weighted by molar-refractivity contribution is 5.88. The van der Waals surface area contributed by atoms with Gasteiger partial charge in [-0.1, -0.05) is 18.2 Å². The van der Waals surface area contributed by atoms with Crippen LogP contribution in [0.25, 0.3) is 5.69 Å². The molecule has 1 aliphatic heterocycles. The van der Waals surface area contributed by atoms with E-state index >= 15 is 0 Å². The fraction of sp³-hybridized carbons (Fsp3) is 0.444. The SMILES string of the molecule is CCOC(=O)c1nn(-c2ccccc2)cc1CN1CCN[C@@H](C)C1.Cl. The number of hydrogen-bond acceptors (Lipinski definition) is 5. The summed E-state index contributed by atoms with van der Waals surface area (Å²) in [5.41, 5.74) is 2.25. The summed E-state index contributed by atoms with van der Waals surface area (Å²) in [5.74, 6) is -0.356. The average Bonchev–Trinajstić information content (AvgIpc) is 3.00. The molecule has 1 aliphatic rings. The van der Waals surface area contributed by atoms with E-state index < -0.39 is 0 Å². The zero-order valence-electron chi connectivity index (χ0n) is 14.6. The number of aromatic nitrogens is 2. The first-order chi connectivity index (χ1) is 11.7. The van der Waals surface area contributed by atoms with Gasteiger partial charge in [0.2, 0.25) is 0 Å². The Labute approximate surface area is 154 Å². The average molecular weight is 365 g/mol. The fourth-order valence-electron chi connectivity index (χ4n) is 3.01. The van der Waals surface area contributed by atoms with Gasteiger partial charge in [0.1, 0.15) is 0 Å². The van der Waals surface area contributed by atoms with Crippen LogP contribution in [0.3, 0.4) is 0 Å². The Kier molecular flexibility index (Phi) is 6.99. The number of carbonyl (C=O) groups excluding carboxylic acids is 1. The lowest BCUT2D eigenvalue weighted by atomic mass is 10.2. The summed E-state index contributed by atoms with van der Waals surface area (Å²) in [6.45, 7) is 7.91. The molecule has 0 bridgehead atoms. The number of halogens is 1. The van der Waals surface area contributed by atoms with E-state index in [4.69, 9.17) is 4.74 Å². The van der Waals surface area contributed by atoms with E-state index in [0.29, 0.717) is 24.9 Å². The summed E-state index contributed by atoms with van der Waals surface area (Å²) in [6, 6.07) is 10.3. The Morgan fingerprint density at radius 1 is 1.36 bits per heavy atom. The summed E-state index contributed by atoms with van der Waals surface area (Å²) >= 11 is 0. The number of ether oxygens (including phenoxy) is 1. The molecule has 0 aliphatic carbocycles. The minimum absolute atomic E-state index is 0. The number of carbonyl (C=O) groups is 1. The third-order valence-corrected chi connectivity index (χ3v) is 4.13. The molecule has 2 aromatic rings. The first-order valence-electron chi connectivity index (χ1n) is 8.44. The summed E-state index contributed by atoms with van der Waals surface area (Å²) < 4.78 is 6.94. The summed E-state index contributed by atoms with van der Waals surface area (Å²) in [7, 11) is 0. The van der Waals surface area contributed by atoms with E-state index in [9.17, 15) is 4.79 Å². The second-order valence-corrected chi connectivity index (χ2v) is 6.09. The number of para-hydroxylation sites is 1. The Balaban J connectivity index is 0.00000225. The van der Waals surface area contributed by atoms with Crippen molar-refractivity contribution in [3.8, 4) is 5.69 Å². The topological polar surface area (TPSA) is 59.4 Å². The summed E-state index contributed by atoms with van der Waals surface area (Å²) in [5, 5.41) is 7.92. The highest BCUT2D eigenvalue weighted by Gasteiger charge is 2.22. The number of benzene rings is 1. The van der Waals surface area contributed by atoms with Crippen LogP contribution in [0.1, 0.15) is 29.9 Å². The Morgan fingerprint density at radius 2 is 2.12 bits per heavy atom. The molecule has 2 heterocycles. The molecule has 0 radical (unpaired) electrons. The zero-order chi connectivity index (χ0) is 16.9. The third kappa shape index (κ3) is 4.81. The molecule has 0 amide bonds. The van der Waals surface area contributed by atoms with Crippen LogP contribution in [0.4, 0.5) is 0 Å². The number of rotatable bonds is 5. The van der Waals surface area contributed by atoms with Crippen LogP contribution in [0, 0.1) is 0 Å². The number of piperazine rings is 1. The molecule has 6 nitrogen and oxygen atoms in total. The van der Waals surface area contributed by atoms with Crippen molar-refractivity contribution >= 4 is 18.4 Å². The van der Waals surface area contributed by atoms with Gasteiger partial charge in [-0.3, -0.25) is 4.90 Å². The smallest absolute Gasteiger partial charge is 0.359 e. The fourth-order valence-corrected chi connectivity index (χ4v) is 3.01. The van der Waals surface area contributed by atoms with Crippen molar-refractivity contribution in [1.82, 2.24) is 20.0 Å². The van der Waals surface area contributed by atoms with Crippen LogP contribution in [0.5, 0.6) is 0 Å². The number of hydrogen-bond donors (Lipinski definition) is 1. The Morgan fingerprint density at radius 3 is 2.80 bits per heavy atom. The van der Waals surface area contributed by atoms with Crippen molar-refractivity contribution in [2.45, 2.75) is 26.4 Å². The molecule has 1 fully saturated rings. The van der Waals surface area contributed by atoms with E-state index in [2.05, 4.69) is 22.2 Å². The van der Waals surface area contributed by atoms with Crippen molar-refractivity contribution in [1.29, 1.82) is 0 Å². The van der Waals surface area contributed by atoms with E-state index in [1.54, 1.807) is 4.68 Å². The molecule has 1 saturated heterocycles. The van der Waals surface area contributed by atoms with Gasteiger partial charge < -0.3 is 10.1 Å². The number of esters is 1. The predicted octanol–water partition coefficient (Wildman–Crippen LogP) is 2.26. The van der Waals surface area contributed by atoms with Crippen LogP contribution in [0.2, 0.25) is 0 Å².